The first-order valence-electron chi connectivity index (χ1n) is 6.57. The first-order valence-corrected chi connectivity index (χ1v) is 6.57. The number of carbonyl (C=O) groups excluding carboxylic acids is 1. The van der Waals surface area contributed by atoms with Crippen molar-refractivity contribution in [2.75, 3.05) is 0 Å². The number of carboxylic acid groups (broad SMARTS) is 1. The number of hydrogen-bond donors (Lipinski definition) is 2. The smallest absolute Gasteiger partial charge is 0.329 e. The summed E-state index contributed by atoms with van der Waals surface area (Å²) in [6, 6.07) is 5.90. The third-order valence-corrected chi connectivity index (χ3v) is 3.18. The first kappa shape index (κ1) is 16.6. The molecule has 0 fully saturated rings. The summed E-state index contributed by atoms with van der Waals surface area (Å²) >= 11 is 0. The SMILES string of the molecule is CCCC(C)(NC(=O)Cc1ccccc1[N+](=O)[O-])C(=O)O. The van der Waals surface area contributed by atoms with E-state index in [1.807, 2.05) is 6.92 Å². The zero-order chi connectivity index (χ0) is 16.0. The molecule has 114 valence electrons. The maximum absolute atomic E-state index is 12.0. The maximum Gasteiger partial charge on any atom is 0.329 e. The standard InChI is InChI=1S/C14H18N2O5/c1-3-8-14(2,13(18)19)15-12(17)9-10-6-4-5-7-11(10)16(20)21/h4-7H,3,8-9H2,1-2H3,(H,15,17)(H,18,19). The lowest BCUT2D eigenvalue weighted by Gasteiger charge is -2.25. The number of aliphatic carboxylic acids is 1. The number of para-hydroxylation sites is 1. The molecular weight excluding hydrogens is 276 g/mol. The minimum atomic E-state index is -1.37. The molecule has 1 unspecified atom stereocenters. The molecule has 1 atom stereocenters. The van der Waals surface area contributed by atoms with Crippen LogP contribution in [0.15, 0.2) is 24.3 Å². The van der Waals surface area contributed by atoms with Crippen LogP contribution < -0.4 is 5.32 Å². The monoisotopic (exact) mass is 294 g/mol. The quantitative estimate of drug-likeness (QED) is 0.589. The van der Waals surface area contributed by atoms with Gasteiger partial charge in [0.2, 0.25) is 5.91 Å². The molecule has 0 aliphatic rings. The van der Waals surface area contributed by atoms with Gasteiger partial charge in [0.1, 0.15) is 5.54 Å². The molecule has 0 saturated carbocycles. The Bertz CT molecular complexity index is 558. The van der Waals surface area contributed by atoms with Crippen molar-refractivity contribution in [2.45, 2.75) is 38.6 Å². The Labute approximate surface area is 122 Å². The lowest BCUT2D eigenvalue weighted by atomic mass is 9.95. The summed E-state index contributed by atoms with van der Waals surface area (Å²) in [5, 5.41) is 22.5. The molecular formula is C14H18N2O5. The second-order valence-corrected chi connectivity index (χ2v) is 5.00. The number of nitrogens with zero attached hydrogens (tertiary/aromatic N) is 1. The number of benzene rings is 1. The van der Waals surface area contributed by atoms with Crippen LogP contribution in [0.2, 0.25) is 0 Å². The van der Waals surface area contributed by atoms with Gasteiger partial charge >= 0.3 is 5.97 Å². The van der Waals surface area contributed by atoms with E-state index in [1.165, 1.54) is 25.1 Å². The number of rotatable bonds is 7. The number of amides is 1. The minimum Gasteiger partial charge on any atom is -0.480 e. The highest BCUT2D eigenvalue weighted by Crippen LogP contribution is 2.19. The van der Waals surface area contributed by atoms with E-state index in [9.17, 15) is 24.8 Å². The predicted molar refractivity (Wildman–Crippen MR) is 75.9 cm³/mol. The normalized spacial score (nSPS) is 13.2. The fraction of sp³-hybridized carbons (Fsp3) is 0.429. The van der Waals surface area contributed by atoms with Gasteiger partial charge in [-0.3, -0.25) is 14.9 Å². The molecule has 1 amide bonds. The zero-order valence-corrected chi connectivity index (χ0v) is 12.0. The molecule has 0 aliphatic heterocycles. The third-order valence-electron chi connectivity index (χ3n) is 3.18. The highest BCUT2D eigenvalue weighted by molar-refractivity contribution is 5.88. The molecule has 0 saturated heterocycles. The van der Waals surface area contributed by atoms with Crippen LogP contribution in [0, 0.1) is 10.1 Å². The van der Waals surface area contributed by atoms with Crippen molar-refractivity contribution < 1.29 is 19.6 Å². The number of nitro benzene ring substituents is 1. The number of carbonyl (C=O) groups is 2. The van der Waals surface area contributed by atoms with Crippen molar-refractivity contribution in [3.63, 3.8) is 0 Å². The molecule has 0 heterocycles. The molecule has 21 heavy (non-hydrogen) atoms. The summed E-state index contributed by atoms with van der Waals surface area (Å²) in [5.41, 5.74) is -1.26. The van der Waals surface area contributed by atoms with Gasteiger partial charge in [0.25, 0.3) is 5.69 Å². The third kappa shape index (κ3) is 4.27. The van der Waals surface area contributed by atoms with E-state index in [0.29, 0.717) is 6.42 Å². The fourth-order valence-electron chi connectivity index (χ4n) is 2.09. The Hall–Kier alpha value is -2.44. The molecule has 0 radical (unpaired) electrons. The van der Waals surface area contributed by atoms with Gasteiger partial charge in [0, 0.05) is 11.6 Å². The van der Waals surface area contributed by atoms with Crippen molar-refractivity contribution >= 4 is 17.6 Å². The highest BCUT2D eigenvalue weighted by Gasteiger charge is 2.34. The molecule has 7 heteroatoms. The molecule has 1 aromatic carbocycles. The van der Waals surface area contributed by atoms with Crippen LogP contribution in [0.4, 0.5) is 5.69 Å². The maximum atomic E-state index is 12.0. The largest absolute Gasteiger partial charge is 0.480 e. The second kappa shape index (κ2) is 6.83. The topological polar surface area (TPSA) is 110 Å². The van der Waals surface area contributed by atoms with Crippen LogP contribution in [0.25, 0.3) is 0 Å². The van der Waals surface area contributed by atoms with Crippen molar-refractivity contribution in [1.82, 2.24) is 5.32 Å². The summed E-state index contributed by atoms with van der Waals surface area (Å²) in [5.74, 6) is -1.68. The fourth-order valence-corrected chi connectivity index (χ4v) is 2.09. The predicted octanol–water partition coefficient (Wildman–Crippen LogP) is 1.90. The van der Waals surface area contributed by atoms with Gasteiger partial charge in [-0.1, -0.05) is 31.5 Å². The number of hydrogen-bond acceptors (Lipinski definition) is 4. The Morgan fingerprint density at radius 1 is 1.38 bits per heavy atom. The van der Waals surface area contributed by atoms with E-state index in [-0.39, 0.29) is 24.1 Å². The average molecular weight is 294 g/mol. The second-order valence-electron chi connectivity index (χ2n) is 5.00. The Kier molecular flexibility index (Phi) is 5.40. The summed E-state index contributed by atoms with van der Waals surface area (Å²) < 4.78 is 0. The van der Waals surface area contributed by atoms with E-state index in [1.54, 1.807) is 6.07 Å². The van der Waals surface area contributed by atoms with Crippen molar-refractivity contribution in [2.24, 2.45) is 0 Å². The first-order chi connectivity index (χ1) is 9.80. The lowest BCUT2D eigenvalue weighted by Crippen LogP contribution is -2.52. The van der Waals surface area contributed by atoms with E-state index < -0.39 is 22.3 Å². The number of nitro groups is 1. The molecule has 0 aromatic heterocycles. The van der Waals surface area contributed by atoms with Crippen LogP contribution in [0.5, 0.6) is 0 Å². The molecule has 0 bridgehead atoms. The number of nitrogens with one attached hydrogen (secondary N) is 1. The van der Waals surface area contributed by atoms with E-state index in [0.717, 1.165) is 0 Å². The van der Waals surface area contributed by atoms with Crippen molar-refractivity contribution in [1.29, 1.82) is 0 Å². The van der Waals surface area contributed by atoms with Crippen LogP contribution in [0.3, 0.4) is 0 Å². The van der Waals surface area contributed by atoms with Gasteiger partial charge in [-0.05, 0) is 13.3 Å². The van der Waals surface area contributed by atoms with Crippen LogP contribution in [-0.4, -0.2) is 27.4 Å². The molecule has 0 aliphatic carbocycles. The Balaban J connectivity index is 2.87. The van der Waals surface area contributed by atoms with E-state index in [2.05, 4.69) is 5.32 Å². The lowest BCUT2D eigenvalue weighted by molar-refractivity contribution is -0.385. The van der Waals surface area contributed by atoms with Gasteiger partial charge in [-0.25, -0.2) is 4.79 Å². The van der Waals surface area contributed by atoms with Crippen LogP contribution >= 0.6 is 0 Å². The molecule has 2 N–H and O–H groups in total. The van der Waals surface area contributed by atoms with Gasteiger partial charge in [-0.15, -0.1) is 0 Å². The Morgan fingerprint density at radius 2 is 2.00 bits per heavy atom. The van der Waals surface area contributed by atoms with Crippen LogP contribution in [-0.2, 0) is 16.0 Å². The summed E-state index contributed by atoms with van der Waals surface area (Å²) in [4.78, 5) is 33.6. The molecule has 0 spiro atoms. The van der Waals surface area contributed by atoms with Crippen molar-refractivity contribution in [3.8, 4) is 0 Å². The Morgan fingerprint density at radius 3 is 2.52 bits per heavy atom. The molecule has 7 nitrogen and oxygen atoms in total. The minimum absolute atomic E-state index is 0.153. The van der Waals surface area contributed by atoms with Gasteiger partial charge < -0.3 is 10.4 Å². The summed E-state index contributed by atoms with van der Waals surface area (Å²) in [6.07, 6.45) is 0.642. The highest BCUT2D eigenvalue weighted by atomic mass is 16.6. The summed E-state index contributed by atoms with van der Waals surface area (Å²) in [7, 11) is 0. The van der Waals surface area contributed by atoms with E-state index in [4.69, 9.17) is 0 Å². The number of carboxylic acids is 1. The zero-order valence-electron chi connectivity index (χ0n) is 12.0. The van der Waals surface area contributed by atoms with E-state index >= 15 is 0 Å². The van der Waals surface area contributed by atoms with Gasteiger partial charge in [0.05, 0.1) is 11.3 Å². The van der Waals surface area contributed by atoms with Crippen LogP contribution in [0.1, 0.15) is 32.3 Å². The summed E-state index contributed by atoms with van der Waals surface area (Å²) in [6.45, 7) is 3.24. The molecule has 1 aromatic rings. The average Bonchev–Trinajstić information content (AvgIpc) is 2.38. The van der Waals surface area contributed by atoms with Crippen molar-refractivity contribution in [3.05, 3.63) is 39.9 Å². The molecule has 1 rings (SSSR count). The van der Waals surface area contributed by atoms with Gasteiger partial charge in [0.15, 0.2) is 0 Å². The van der Waals surface area contributed by atoms with Gasteiger partial charge in [-0.2, -0.15) is 0 Å².